The van der Waals surface area contributed by atoms with E-state index in [9.17, 15) is 4.79 Å². The van der Waals surface area contributed by atoms with E-state index in [0.29, 0.717) is 19.1 Å². The highest BCUT2D eigenvalue weighted by atomic mass is 16.5. The van der Waals surface area contributed by atoms with E-state index in [4.69, 9.17) is 9.47 Å². The number of methoxy groups -OCH3 is 1. The van der Waals surface area contributed by atoms with E-state index >= 15 is 0 Å². The molecule has 0 heterocycles. The number of carbonyl (C=O) groups is 1. The zero-order valence-corrected chi connectivity index (χ0v) is 9.54. The lowest BCUT2D eigenvalue weighted by Gasteiger charge is -2.08. The summed E-state index contributed by atoms with van der Waals surface area (Å²) in [7, 11) is 1.71. The van der Waals surface area contributed by atoms with Crippen LogP contribution in [0.25, 0.3) is 0 Å². The topological polar surface area (TPSA) is 35.5 Å². The first kappa shape index (κ1) is 13.4. The van der Waals surface area contributed by atoms with Gasteiger partial charge in [-0.2, -0.15) is 0 Å². The molecule has 3 nitrogen and oxygen atoms in total. The van der Waals surface area contributed by atoms with Gasteiger partial charge in [-0.1, -0.05) is 6.92 Å². The quantitative estimate of drug-likeness (QED) is 0.448. The summed E-state index contributed by atoms with van der Waals surface area (Å²) in [5.74, 6) is -0.0766. The van der Waals surface area contributed by atoms with Crippen LogP contribution in [0.4, 0.5) is 0 Å². The molecule has 0 fully saturated rings. The second kappa shape index (κ2) is 9.00. The Morgan fingerprint density at radius 3 is 2.64 bits per heavy atom. The average Bonchev–Trinajstić information content (AvgIpc) is 2.17. The van der Waals surface area contributed by atoms with E-state index in [1.165, 1.54) is 0 Å². The smallest absolute Gasteiger partial charge is 0.305 e. The van der Waals surface area contributed by atoms with Gasteiger partial charge in [0.25, 0.3) is 0 Å². The van der Waals surface area contributed by atoms with Crippen molar-refractivity contribution in [1.82, 2.24) is 0 Å². The van der Waals surface area contributed by atoms with Crippen molar-refractivity contribution in [2.24, 2.45) is 0 Å². The Morgan fingerprint density at radius 1 is 1.36 bits per heavy atom. The normalized spacial score (nSPS) is 12.5. The van der Waals surface area contributed by atoms with E-state index in [1.54, 1.807) is 7.11 Å². The molecule has 1 atom stereocenters. The van der Waals surface area contributed by atoms with Gasteiger partial charge < -0.3 is 9.47 Å². The lowest BCUT2D eigenvalue weighted by atomic mass is 10.2. The highest BCUT2D eigenvalue weighted by Crippen LogP contribution is 2.03. The van der Waals surface area contributed by atoms with Gasteiger partial charge in [-0.05, 0) is 32.6 Å². The Morgan fingerprint density at radius 2 is 2.07 bits per heavy atom. The van der Waals surface area contributed by atoms with Crippen LogP contribution < -0.4 is 0 Å². The molecule has 0 aliphatic rings. The molecule has 0 radical (unpaired) electrons. The van der Waals surface area contributed by atoms with E-state index < -0.39 is 0 Å². The molecule has 0 bridgehead atoms. The monoisotopic (exact) mass is 202 g/mol. The minimum atomic E-state index is -0.0766. The summed E-state index contributed by atoms with van der Waals surface area (Å²) in [6.07, 6.45) is 4.72. The Bertz CT molecular complexity index is 145. The summed E-state index contributed by atoms with van der Waals surface area (Å²) in [5, 5.41) is 0. The summed E-state index contributed by atoms with van der Waals surface area (Å²) in [6, 6.07) is 0. The fourth-order valence-electron chi connectivity index (χ4n) is 1.11. The first-order chi connectivity index (χ1) is 6.70. The van der Waals surface area contributed by atoms with Crippen molar-refractivity contribution in [1.29, 1.82) is 0 Å². The SMILES string of the molecule is CCCC(=O)OCCCC[C@@H](C)OC. The van der Waals surface area contributed by atoms with Crippen molar-refractivity contribution in [3.8, 4) is 0 Å². The van der Waals surface area contributed by atoms with Gasteiger partial charge >= 0.3 is 5.97 Å². The van der Waals surface area contributed by atoms with Crippen molar-refractivity contribution in [3.63, 3.8) is 0 Å². The average molecular weight is 202 g/mol. The second-order valence-electron chi connectivity index (χ2n) is 3.51. The molecule has 0 N–H and O–H groups in total. The predicted molar refractivity (Wildman–Crippen MR) is 56.2 cm³/mol. The Hall–Kier alpha value is -0.570. The zero-order valence-electron chi connectivity index (χ0n) is 9.54. The number of unbranched alkanes of at least 4 members (excludes halogenated alkanes) is 1. The third kappa shape index (κ3) is 8.05. The Kier molecular flexibility index (Phi) is 8.64. The van der Waals surface area contributed by atoms with E-state index in [0.717, 1.165) is 25.7 Å². The molecule has 0 aromatic rings. The molecule has 84 valence electrons. The molecule has 14 heavy (non-hydrogen) atoms. The minimum absolute atomic E-state index is 0.0766. The number of ether oxygens (including phenoxy) is 2. The van der Waals surface area contributed by atoms with E-state index in [-0.39, 0.29) is 5.97 Å². The van der Waals surface area contributed by atoms with Gasteiger partial charge in [0.15, 0.2) is 0 Å². The minimum Gasteiger partial charge on any atom is -0.466 e. The maximum Gasteiger partial charge on any atom is 0.305 e. The number of rotatable bonds is 8. The highest BCUT2D eigenvalue weighted by molar-refractivity contribution is 5.69. The fourth-order valence-corrected chi connectivity index (χ4v) is 1.11. The molecule has 0 amide bonds. The van der Waals surface area contributed by atoms with Crippen LogP contribution >= 0.6 is 0 Å². The zero-order chi connectivity index (χ0) is 10.8. The molecular weight excluding hydrogens is 180 g/mol. The number of hydrogen-bond donors (Lipinski definition) is 0. The van der Waals surface area contributed by atoms with Gasteiger partial charge in [0, 0.05) is 13.5 Å². The predicted octanol–water partition coefficient (Wildman–Crippen LogP) is 2.53. The first-order valence-corrected chi connectivity index (χ1v) is 5.39. The van der Waals surface area contributed by atoms with Crippen molar-refractivity contribution in [2.45, 2.75) is 52.1 Å². The van der Waals surface area contributed by atoms with Crippen LogP contribution in [-0.2, 0) is 14.3 Å². The lowest BCUT2D eigenvalue weighted by Crippen LogP contribution is -2.07. The summed E-state index contributed by atoms with van der Waals surface area (Å²) in [5.41, 5.74) is 0. The van der Waals surface area contributed by atoms with E-state index in [2.05, 4.69) is 0 Å². The number of hydrogen-bond acceptors (Lipinski definition) is 3. The third-order valence-electron chi connectivity index (χ3n) is 2.12. The van der Waals surface area contributed by atoms with Crippen LogP contribution in [-0.4, -0.2) is 25.8 Å². The largest absolute Gasteiger partial charge is 0.466 e. The second-order valence-corrected chi connectivity index (χ2v) is 3.51. The van der Waals surface area contributed by atoms with Crippen LogP contribution in [0.5, 0.6) is 0 Å². The van der Waals surface area contributed by atoms with Gasteiger partial charge in [0.1, 0.15) is 0 Å². The molecule has 0 aromatic carbocycles. The molecule has 0 aliphatic heterocycles. The molecule has 0 saturated carbocycles. The maximum atomic E-state index is 10.9. The summed E-state index contributed by atoms with van der Waals surface area (Å²) in [6.45, 7) is 4.57. The van der Waals surface area contributed by atoms with Gasteiger partial charge in [-0.25, -0.2) is 0 Å². The molecular formula is C11H22O3. The van der Waals surface area contributed by atoms with Gasteiger partial charge in [-0.15, -0.1) is 0 Å². The van der Waals surface area contributed by atoms with Gasteiger partial charge in [0.2, 0.25) is 0 Å². The lowest BCUT2D eigenvalue weighted by molar-refractivity contribution is -0.143. The molecule has 0 aliphatic carbocycles. The van der Waals surface area contributed by atoms with Crippen molar-refractivity contribution in [3.05, 3.63) is 0 Å². The van der Waals surface area contributed by atoms with Crippen LogP contribution in [0.2, 0.25) is 0 Å². The maximum absolute atomic E-state index is 10.9. The molecule has 3 heteroatoms. The summed E-state index contributed by atoms with van der Waals surface area (Å²) in [4.78, 5) is 10.9. The fraction of sp³-hybridized carbons (Fsp3) is 0.909. The molecule has 0 saturated heterocycles. The summed E-state index contributed by atoms with van der Waals surface area (Å²) < 4.78 is 10.1. The van der Waals surface area contributed by atoms with Crippen molar-refractivity contribution in [2.75, 3.05) is 13.7 Å². The van der Waals surface area contributed by atoms with Gasteiger partial charge in [0.05, 0.1) is 12.7 Å². The van der Waals surface area contributed by atoms with E-state index in [1.807, 2.05) is 13.8 Å². The number of carbonyl (C=O) groups excluding carboxylic acids is 1. The van der Waals surface area contributed by atoms with Crippen molar-refractivity contribution >= 4 is 5.97 Å². The summed E-state index contributed by atoms with van der Waals surface area (Å²) >= 11 is 0. The highest BCUT2D eigenvalue weighted by Gasteiger charge is 2.01. The van der Waals surface area contributed by atoms with Crippen LogP contribution in [0.3, 0.4) is 0 Å². The third-order valence-corrected chi connectivity index (χ3v) is 2.12. The van der Waals surface area contributed by atoms with Crippen LogP contribution in [0, 0.1) is 0 Å². The Balaban J connectivity index is 3.17. The molecule has 0 unspecified atom stereocenters. The molecule has 0 spiro atoms. The molecule has 0 rings (SSSR count). The Labute approximate surface area is 86.8 Å². The van der Waals surface area contributed by atoms with Crippen molar-refractivity contribution < 1.29 is 14.3 Å². The molecule has 0 aromatic heterocycles. The standard InChI is InChI=1S/C11H22O3/c1-4-7-11(12)14-9-6-5-8-10(2)13-3/h10H,4-9H2,1-3H3/t10-/m1/s1. The van der Waals surface area contributed by atoms with Gasteiger partial charge in [-0.3, -0.25) is 4.79 Å². The number of esters is 1. The van der Waals surface area contributed by atoms with Crippen LogP contribution in [0.15, 0.2) is 0 Å². The first-order valence-electron chi connectivity index (χ1n) is 5.39. The van der Waals surface area contributed by atoms with Crippen LogP contribution in [0.1, 0.15) is 46.0 Å².